The lowest BCUT2D eigenvalue weighted by Gasteiger charge is -2.31. The third kappa shape index (κ3) is 6.89. The highest BCUT2D eigenvalue weighted by Gasteiger charge is 2.36. The molecule has 0 bridgehead atoms. The lowest BCUT2D eigenvalue weighted by Crippen LogP contribution is -2.56. The average molecular weight is 507 g/mol. The molecule has 2 aliphatic heterocycles. The lowest BCUT2D eigenvalue weighted by molar-refractivity contribution is -0.142. The summed E-state index contributed by atoms with van der Waals surface area (Å²) in [7, 11) is 1.67. The van der Waals surface area contributed by atoms with E-state index in [1.165, 1.54) is 4.90 Å². The fraction of sp³-hybridized carbons (Fsp3) is 0.483. The van der Waals surface area contributed by atoms with Gasteiger partial charge in [-0.05, 0) is 56.3 Å². The van der Waals surface area contributed by atoms with Gasteiger partial charge < -0.3 is 20.3 Å². The van der Waals surface area contributed by atoms with Crippen LogP contribution in [-0.2, 0) is 27.2 Å². The minimum Gasteiger partial charge on any atom is -0.492 e. The van der Waals surface area contributed by atoms with Gasteiger partial charge in [-0.1, -0.05) is 48.5 Å². The van der Waals surface area contributed by atoms with Gasteiger partial charge in [0.1, 0.15) is 24.4 Å². The molecule has 0 aromatic heterocycles. The molecule has 2 heterocycles. The number of amides is 3. The van der Waals surface area contributed by atoms with Crippen molar-refractivity contribution < 1.29 is 19.1 Å². The highest BCUT2D eigenvalue weighted by Crippen LogP contribution is 2.22. The molecule has 2 aromatic carbocycles. The number of hydrogen-bond donors (Lipinski definition) is 2. The van der Waals surface area contributed by atoms with Gasteiger partial charge in [-0.2, -0.15) is 0 Å². The van der Waals surface area contributed by atoms with Crippen LogP contribution in [-0.4, -0.2) is 78.9 Å². The van der Waals surface area contributed by atoms with E-state index in [1.807, 2.05) is 54.6 Å². The summed E-state index contributed by atoms with van der Waals surface area (Å²) >= 11 is 0. The number of rotatable bonds is 2. The normalized spacial score (nSPS) is 24.6. The minimum atomic E-state index is -0.738. The Labute approximate surface area is 219 Å². The second kappa shape index (κ2) is 12.7. The van der Waals surface area contributed by atoms with Crippen molar-refractivity contribution in [2.24, 2.45) is 0 Å². The van der Waals surface area contributed by atoms with E-state index in [1.54, 1.807) is 14.0 Å². The van der Waals surface area contributed by atoms with Crippen molar-refractivity contribution in [1.82, 2.24) is 20.4 Å². The minimum absolute atomic E-state index is 0.0780. The summed E-state index contributed by atoms with van der Waals surface area (Å²) in [5, 5.41) is 5.91. The summed E-state index contributed by atoms with van der Waals surface area (Å²) in [6.45, 7) is 4.15. The monoisotopic (exact) mass is 506 g/mol. The van der Waals surface area contributed by atoms with E-state index in [9.17, 15) is 14.4 Å². The first-order valence-electron chi connectivity index (χ1n) is 13.3. The molecule has 0 saturated carbocycles. The molecule has 37 heavy (non-hydrogen) atoms. The maximum atomic E-state index is 13.4. The van der Waals surface area contributed by atoms with Crippen molar-refractivity contribution in [3.63, 3.8) is 0 Å². The third-order valence-electron chi connectivity index (χ3n) is 7.40. The summed E-state index contributed by atoms with van der Waals surface area (Å²) in [4.78, 5) is 43.4. The van der Waals surface area contributed by atoms with Crippen LogP contribution < -0.4 is 15.4 Å². The molecule has 198 valence electrons. The van der Waals surface area contributed by atoms with Crippen LogP contribution in [0.2, 0.25) is 0 Å². The molecule has 1 saturated heterocycles. The van der Waals surface area contributed by atoms with Gasteiger partial charge in [-0.15, -0.1) is 0 Å². The Balaban J connectivity index is 1.55. The maximum Gasteiger partial charge on any atom is 0.243 e. The summed E-state index contributed by atoms with van der Waals surface area (Å²) in [5.41, 5.74) is 2.05. The van der Waals surface area contributed by atoms with Gasteiger partial charge in [0.2, 0.25) is 17.7 Å². The van der Waals surface area contributed by atoms with E-state index < -0.39 is 12.1 Å². The number of hydrogen-bond acceptors (Lipinski definition) is 5. The Morgan fingerprint density at radius 3 is 2.51 bits per heavy atom. The number of fused-ring (bicyclic) bond motifs is 2. The van der Waals surface area contributed by atoms with Crippen LogP contribution in [0.1, 0.15) is 37.3 Å². The van der Waals surface area contributed by atoms with E-state index in [4.69, 9.17) is 4.74 Å². The number of ether oxygens (including phenoxy) is 1. The van der Waals surface area contributed by atoms with Crippen LogP contribution >= 0.6 is 0 Å². The predicted molar refractivity (Wildman–Crippen MR) is 142 cm³/mol. The summed E-state index contributed by atoms with van der Waals surface area (Å²) in [6.07, 6.45) is 3.57. The number of carbonyl (C=O) groups is 3. The van der Waals surface area contributed by atoms with Crippen LogP contribution in [0.4, 0.5) is 0 Å². The molecule has 0 spiro atoms. The van der Waals surface area contributed by atoms with Crippen molar-refractivity contribution >= 4 is 17.7 Å². The number of nitrogens with one attached hydrogen (secondary N) is 2. The zero-order valence-electron chi connectivity index (χ0n) is 21.8. The topological polar surface area (TPSA) is 91.0 Å². The lowest BCUT2D eigenvalue weighted by atomic mass is 10.0. The van der Waals surface area contributed by atoms with Crippen molar-refractivity contribution in [2.75, 3.05) is 33.3 Å². The molecular weight excluding hydrogens is 468 g/mol. The van der Waals surface area contributed by atoms with Gasteiger partial charge >= 0.3 is 0 Å². The highest BCUT2D eigenvalue weighted by molar-refractivity contribution is 5.93. The van der Waals surface area contributed by atoms with E-state index in [0.29, 0.717) is 26.1 Å². The molecule has 0 radical (unpaired) electrons. The molecule has 4 rings (SSSR count). The standard InChI is InChI=1S/C29H38N4O4/c1-21-27(34)31-24(20-22-10-4-3-5-11-22)28(35)30-16-8-13-23-12-6-7-15-26(23)37-19-18-33-17-9-14-25(33)29(36)32(21)2/h3-7,10-12,15,21,24-25H,8-9,13-14,16-20H2,1-2H3,(H,30,35)(H,31,34)/t21-,24-,25?/m1/s1. The SMILES string of the molecule is C[C@@H]1C(=O)N[C@H](Cc2ccccc2)C(=O)NCCCc2ccccc2OCCN2CCCC2C(=O)N1C. The van der Waals surface area contributed by atoms with Gasteiger partial charge in [0.25, 0.3) is 0 Å². The number of carbonyl (C=O) groups excluding carboxylic acids is 3. The molecule has 2 aliphatic rings. The van der Waals surface area contributed by atoms with E-state index in [-0.39, 0.29) is 23.8 Å². The average Bonchev–Trinajstić information content (AvgIpc) is 3.38. The second-order valence-electron chi connectivity index (χ2n) is 9.92. The Kier molecular flexibility index (Phi) is 9.17. The largest absolute Gasteiger partial charge is 0.492 e. The molecule has 8 heteroatoms. The molecule has 1 fully saturated rings. The fourth-order valence-corrected chi connectivity index (χ4v) is 5.06. The molecule has 2 N–H and O–H groups in total. The molecule has 2 aromatic rings. The molecule has 3 amide bonds. The Morgan fingerprint density at radius 2 is 1.70 bits per heavy atom. The van der Waals surface area contributed by atoms with Crippen molar-refractivity contribution in [3.8, 4) is 5.75 Å². The Hall–Kier alpha value is -3.39. The molecular formula is C29H38N4O4. The zero-order valence-corrected chi connectivity index (χ0v) is 21.8. The molecule has 1 unspecified atom stereocenters. The van der Waals surface area contributed by atoms with Crippen molar-refractivity contribution in [1.29, 1.82) is 0 Å². The summed E-state index contributed by atoms with van der Waals surface area (Å²) in [6, 6.07) is 15.9. The maximum absolute atomic E-state index is 13.4. The van der Waals surface area contributed by atoms with Gasteiger partial charge in [0.05, 0.1) is 6.04 Å². The van der Waals surface area contributed by atoms with E-state index >= 15 is 0 Å². The van der Waals surface area contributed by atoms with Crippen LogP contribution in [0.3, 0.4) is 0 Å². The van der Waals surface area contributed by atoms with Crippen LogP contribution in [0, 0.1) is 0 Å². The van der Waals surface area contributed by atoms with Gasteiger partial charge in [-0.25, -0.2) is 0 Å². The number of aryl methyl sites for hydroxylation is 1. The number of para-hydroxylation sites is 1. The zero-order chi connectivity index (χ0) is 26.2. The fourth-order valence-electron chi connectivity index (χ4n) is 5.06. The first kappa shape index (κ1) is 26.7. The predicted octanol–water partition coefficient (Wildman–Crippen LogP) is 2.17. The first-order valence-corrected chi connectivity index (χ1v) is 13.3. The van der Waals surface area contributed by atoms with Gasteiger partial charge in [0, 0.05) is 26.6 Å². The second-order valence-corrected chi connectivity index (χ2v) is 9.92. The number of likely N-dealkylation sites (N-methyl/N-ethyl adjacent to an activating group) is 1. The number of nitrogens with zero attached hydrogens (tertiary/aromatic N) is 2. The number of benzene rings is 2. The van der Waals surface area contributed by atoms with Crippen molar-refractivity contribution in [2.45, 2.75) is 57.2 Å². The third-order valence-corrected chi connectivity index (χ3v) is 7.40. The highest BCUT2D eigenvalue weighted by atomic mass is 16.5. The van der Waals surface area contributed by atoms with Gasteiger partial charge in [-0.3, -0.25) is 19.3 Å². The summed E-state index contributed by atoms with van der Waals surface area (Å²) < 4.78 is 6.13. The van der Waals surface area contributed by atoms with Crippen molar-refractivity contribution in [3.05, 3.63) is 65.7 Å². The van der Waals surface area contributed by atoms with Crippen LogP contribution in [0.15, 0.2) is 54.6 Å². The quantitative estimate of drug-likeness (QED) is 0.652. The smallest absolute Gasteiger partial charge is 0.243 e. The van der Waals surface area contributed by atoms with E-state index in [0.717, 1.165) is 49.1 Å². The van der Waals surface area contributed by atoms with Crippen LogP contribution in [0.25, 0.3) is 0 Å². The van der Waals surface area contributed by atoms with E-state index in [2.05, 4.69) is 15.5 Å². The van der Waals surface area contributed by atoms with Crippen LogP contribution in [0.5, 0.6) is 5.75 Å². The Bertz CT molecular complexity index is 1080. The molecule has 8 nitrogen and oxygen atoms in total. The molecule has 0 aliphatic carbocycles. The molecule has 3 atom stereocenters. The summed E-state index contributed by atoms with van der Waals surface area (Å²) in [5.74, 6) is 0.198. The van der Waals surface area contributed by atoms with Gasteiger partial charge in [0.15, 0.2) is 0 Å². The first-order chi connectivity index (χ1) is 17.9. The Morgan fingerprint density at radius 1 is 0.946 bits per heavy atom.